The van der Waals surface area contributed by atoms with Crippen LogP contribution >= 0.6 is 15.9 Å². The number of rotatable bonds is 6. The standard InChI is InChI=1S/C16H17BrFNO/c1-2-19-10-13-6-4-8-15(17)16(13)20-11-12-5-3-7-14(18)9-12/h3-9,19H,2,10-11H2,1H3. The molecule has 0 radical (unpaired) electrons. The second-order valence-corrected chi connectivity index (χ2v) is 5.28. The molecule has 0 aliphatic carbocycles. The maximum absolute atomic E-state index is 13.1. The summed E-state index contributed by atoms with van der Waals surface area (Å²) < 4.78 is 19.9. The van der Waals surface area contributed by atoms with Gasteiger partial charge in [0, 0.05) is 12.1 Å². The highest BCUT2D eigenvalue weighted by Gasteiger charge is 2.08. The highest BCUT2D eigenvalue weighted by molar-refractivity contribution is 9.10. The topological polar surface area (TPSA) is 21.3 Å². The van der Waals surface area contributed by atoms with Gasteiger partial charge in [0.15, 0.2) is 0 Å². The van der Waals surface area contributed by atoms with E-state index in [0.29, 0.717) is 6.61 Å². The molecule has 0 bridgehead atoms. The summed E-state index contributed by atoms with van der Waals surface area (Å²) in [4.78, 5) is 0. The van der Waals surface area contributed by atoms with Crippen LogP contribution in [0.1, 0.15) is 18.1 Å². The van der Waals surface area contributed by atoms with Crippen molar-refractivity contribution >= 4 is 15.9 Å². The number of benzene rings is 2. The second kappa shape index (κ2) is 7.41. The summed E-state index contributed by atoms with van der Waals surface area (Å²) in [5, 5.41) is 3.28. The zero-order chi connectivity index (χ0) is 14.4. The molecular weight excluding hydrogens is 321 g/mol. The van der Waals surface area contributed by atoms with Crippen LogP contribution < -0.4 is 10.1 Å². The van der Waals surface area contributed by atoms with E-state index in [1.54, 1.807) is 6.07 Å². The van der Waals surface area contributed by atoms with E-state index in [9.17, 15) is 4.39 Å². The van der Waals surface area contributed by atoms with E-state index in [1.807, 2.05) is 24.3 Å². The lowest BCUT2D eigenvalue weighted by atomic mass is 10.2. The van der Waals surface area contributed by atoms with Crippen molar-refractivity contribution in [2.75, 3.05) is 6.54 Å². The zero-order valence-electron chi connectivity index (χ0n) is 11.3. The van der Waals surface area contributed by atoms with Gasteiger partial charge in [-0.15, -0.1) is 0 Å². The third-order valence-corrected chi connectivity index (χ3v) is 3.51. The molecule has 0 saturated carbocycles. The highest BCUT2D eigenvalue weighted by Crippen LogP contribution is 2.29. The lowest BCUT2D eigenvalue weighted by Gasteiger charge is -2.13. The molecule has 106 valence electrons. The van der Waals surface area contributed by atoms with Crippen molar-refractivity contribution in [3.8, 4) is 5.75 Å². The van der Waals surface area contributed by atoms with Crippen molar-refractivity contribution in [2.45, 2.75) is 20.1 Å². The summed E-state index contributed by atoms with van der Waals surface area (Å²) in [6.45, 7) is 4.05. The number of nitrogens with one attached hydrogen (secondary N) is 1. The van der Waals surface area contributed by atoms with Crippen LogP contribution in [0.2, 0.25) is 0 Å². The molecule has 0 heterocycles. The predicted octanol–water partition coefficient (Wildman–Crippen LogP) is 4.28. The molecule has 2 nitrogen and oxygen atoms in total. The lowest BCUT2D eigenvalue weighted by Crippen LogP contribution is -2.13. The summed E-state index contributed by atoms with van der Waals surface area (Å²) in [6.07, 6.45) is 0. The first-order valence-electron chi connectivity index (χ1n) is 6.56. The Bertz CT molecular complexity index is 574. The smallest absolute Gasteiger partial charge is 0.138 e. The summed E-state index contributed by atoms with van der Waals surface area (Å²) in [5.74, 6) is 0.559. The molecule has 0 atom stereocenters. The second-order valence-electron chi connectivity index (χ2n) is 4.43. The summed E-state index contributed by atoms with van der Waals surface area (Å²) >= 11 is 3.50. The third kappa shape index (κ3) is 4.05. The van der Waals surface area contributed by atoms with E-state index >= 15 is 0 Å². The van der Waals surface area contributed by atoms with E-state index in [2.05, 4.69) is 28.2 Å². The number of hydrogen-bond donors (Lipinski definition) is 1. The van der Waals surface area contributed by atoms with Gasteiger partial charge in [-0.05, 0) is 46.2 Å². The molecule has 0 amide bonds. The number of ether oxygens (including phenoxy) is 1. The van der Waals surface area contributed by atoms with E-state index in [1.165, 1.54) is 12.1 Å². The lowest BCUT2D eigenvalue weighted by molar-refractivity contribution is 0.299. The van der Waals surface area contributed by atoms with Gasteiger partial charge in [-0.25, -0.2) is 4.39 Å². The van der Waals surface area contributed by atoms with E-state index < -0.39 is 0 Å². The average molecular weight is 338 g/mol. The Labute approximate surface area is 127 Å². The van der Waals surface area contributed by atoms with Gasteiger partial charge in [0.1, 0.15) is 18.2 Å². The molecule has 0 aliphatic heterocycles. The van der Waals surface area contributed by atoms with Gasteiger partial charge >= 0.3 is 0 Å². The molecule has 0 aliphatic rings. The minimum atomic E-state index is -0.244. The fourth-order valence-electron chi connectivity index (χ4n) is 1.90. The summed E-state index contributed by atoms with van der Waals surface area (Å²) in [6, 6.07) is 12.4. The molecule has 0 unspecified atom stereocenters. The molecule has 1 N–H and O–H groups in total. The van der Waals surface area contributed by atoms with Crippen molar-refractivity contribution in [2.24, 2.45) is 0 Å². The molecular formula is C16H17BrFNO. The monoisotopic (exact) mass is 337 g/mol. The fraction of sp³-hybridized carbons (Fsp3) is 0.250. The van der Waals surface area contributed by atoms with Crippen molar-refractivity contribution in [3.63, 3.8) is 0 Å². The van der Waals surface area contributed by atoms with Crippen LogP contribution in [-0.4, -0.2) is 6.54 Å². The Balaban J connectivity index is 2.11. The van der Waals surface area contributed by atoms with Crippen molar-refractivity contribution in [1.29, 1.82) is 0 Å². The number of hydrogen-bond acceptors (Lipinski definition) is 2. The SMILES string of the molecule is CCNCc1cccc(Br)c1OCc1cccc(F)c1. The summed E-state index contributed by atoms with van der Waals surface area (Å²) in [7, 11) is 0. The van der Waals surface area contributed by atoms with Crippen LogP contribution in [0.3, 0.4) is 0 Å². The van der Waals surface area contributed by atoms with Gasteiger partial charge in [-0.2, -0.15) is 0 Å². The van der Waals surface area contributed by atoms with Gasteiger partial charge in [-0.3, -0.25) is 0 Å². The minimum absolute atomic E-state index is 0.244. The Morgan fingerprint density at radius 1 is 1.20 bits per heavy atom. The maximum atomic E-state index is 13.1. The number of halogens is 2. The summed E-state index contributed by atoms with van der Waals surface area (Å²) in [5.41, 5.74) is 1.90. The van der Waals surface area contributed by atoms with Gasteiger partial charge in [0.25, 0.3) is 0 Å². The molecule has 2 aromatic rings. The molecule has 0 spiro atoms. The number of para-hydroxylation sites is 1. The normalized spacial score (nSPS) is 10.6. The van der Waals surface area contributed by atoms with Gasteiger partial charge in [0.2, 0.25) is 0 Å². The van der Waals surface area contributed by atoms with Gasteiger partial charge in [0.05, 0.1) is 4.47 Å². The van der Waals surface area contributed by atoms with Crippen LogP contribution in [0.4, 0.5) is 4.39 Å². The van der Waals surface area contributed by atoms with Crippen LogP contribution in [0.15, 0.2) is 46.9 Å². The molecule has 2 rings (SSSR count). The van der Waals surface area contributed by atoms with Crippen molar-refractivity contribution in [1.82, 2.24) is 5.32 Å². The first-order valence-corrected chi connectivity index (χ1v) is 7.35. The third-order valence-electron chi connectivity index (χ3n) is 2.89. The first-order chi connectivity index (χ1) is 9.70. The first kappa shape index (κ1) is 15.0. The Hall–Kier alpha value is -1.39. The van der Waals surface area contributed by atoms with E-state index in [0.717, 1.165) is 34.4 Å². The average Bonchev–Trinajstić information content (AvgIpc) is 2.44. The zero-order valence-corrected chi connectivity index (χ0v) is 12.9. The molecule has 4 heteroatoms. The minimum Gasteiger partial charge on any atom is -0.487 e. The highest BCUT2D eigenvalue weighted by atomic mass is 79.9. The van der Waals surface area contributed by atoms with Crippen molar-refractivity contribution in [3.05, 3.63) is 63.9 Å². The molecule has 0 saturated heterocycles. The van der Waals surface area contributed by atoms with E-state index in [4.69, 9.17) is 4.74 Å². The Morgan fingerprint density at radius 3 is 2.75 bits per heavy atom. The Kier molecular flexibility index (Phi) is 5.56. The molecule has 2 aromatic carbocycles. The van der Waals surface area contributed by atoms with Crippen LogP contribution in [-0.2, 0) is 13.2 Å². The molecule has 0 fully saturated rings. The molecule has 20 heavy (non-hydrogen) atoms. The Morgan fingerprint density at radius 2 is 2.00 bits per heavy atom. The fourth-order valence-corrected chi connectivity index (χ4v) is 2.42. The predicted molar refractivity (Wildman–Crippen MR) is 82.3 cm³/mol. The van der Waals surface area contributed by atoms with Crippen LogP contribution in [0.25, 0.3) is 0 Å². The van der Waals surface area contributed by atoms with Gasteiger partial charge < -0.3 is 10.1 Å². The van der Waals surface area contributed by atoms with Crippen LogP contribution in [0, 0.1) is 5.82 Å². The quantitative estimate of drug-likeness (QED) is 0.849. The van der Waals surface area contributed by atoms with Crippen molar-refractivity contribution < 1.29 is 9.13 Å². The largest absolute Gasteiger partial charge is 0.487 e. The van der Waals surface area contributed by atoms with Crippen LogP contribution in [0.5, 0.6) is 5.75 Å². The van der Waals surface area contributed by atoms with Gasteiger partial charge in [-0.1, -0.05) is 31.2 Å². The maximum Gasteiger partial charge on any atom is 0.138 e. The molecule has 0 aromatic heterocycles. The van der Waals surface area contributed by atoms with E-state index in [-0.39, 0.29) is 5.82 Å².